The summed E-state index contributed by atoms with van der Waals surface area (Å²) in [6.07, 6.45) is 4.98. The number of hydrogen-bond donors (Lipinski definition) is 7. The fourth-order valence-electron chi connectivity index (χ4n) is 3.83. The third-order valence-corrected chi connectivity index (χ3v) is 7.27. The Bertz CT molecular complexity index is 1100. The summed E-state index contributed by atoms with van der Waals surface area (Å²) >= 11 is 2.96. The molecule has 0 aliphatic rings. The molecule has 0 saturated heterocycles. The maximum Gasteiger partial charge on any atom is 0.328 e. The second kappa shape index (κ2) is 15.6. The van der Waals surface area contributed by atoms with Gasteiger partial charge in [-0.3, -0.25) is 14.4 Å². The number of nitrogens with one attached hydrogen (secondary N) is 4. The lowest BCUT2D eigenvalue weighted by Gasteiger charge is -2.25. The van der Waals surface area contributed by atoms with Gasteiger partial charge in [0.05, 0.1) is 12.1 Å². The number of hydrogen-bond acceptors (Lipinski definition) is 8. The van der Waals surface area contributed by atoms with Crippen molar-refractivity contribution in [1.82, 2.24) is 20.9 Å². The fraction of sp³-hybridized carbons (Fsp3) is 0.520. The zero-order chi connectivity index (χ0) is 28.2. The van der Waals surface area contributed by atoms with Gasteiger partial charge in [-0.25, -0.2) is 4.79 Å². The number of rotatable bonds is 16. The van der Waals surface area contributed by atoms with E-state index in [1.54, 1.807) is 0 Å². The van der Waals surface area contributed by atoms with Crippen molar-refractivity contribution in [3.63, 3.8) is 0 Å². The lowest BCUT2D eigenvalue weighted by Crippen LogP contribution is -2.58. The smallest absolute Gasteiger partial charge is 0.328 e. The number of thioether (sulfide) groups is 2. The minimum atomic E-state index is -1.52. The molecular weight excluding hydrogens is 530 g/mol. The van der Waals surface area contributed by atoms with Gasteiger partial charge in [0.15, 0.2) is 6.04 Å². The average molecular weight is 568 g/mol. The number of carboxylic acids is 1. The van der Waals surface area contributed by atoms with Gasteiger partial charge in [-0.2, -0.15) is 23.5 Å². The molecule has 1 aromatic carbocycles. The monoisotopic (exact) mass is 567 g/mol. The number of H-pyrrole nitrogens is 1. The highest BCUT2D eigenvalue weighted by Crippen LogP contribution is 2.19. The molecule has 0 radical (unpaired) electrons. The highest BCUT2D eigenvalue weighted by molar-refractivity contribution is 7.98. The first kappa shape index (κ1) is 31.5. The lowest BCUT2D eigenvalue weighted by molar-refractivity contribution is -0.145. The van der Waals surface area contributed by atoms with Crippen LogP contribution in [-0.4, -0.2) is 93.2 Å². The molecule has 0 spiro atoms. The van der Waals surface area contributed by atoms with Crippen LogP contribution in [0.1, 0.15) is 25.3 Å². The number of carbonyl (C=O) groups excluding carboxylic acids is 3. The van der Waals surface area contributed by atoms with Gasteiger partial charge in [-0.1, -0.05) is 18.2 Å². The summed E-state index contributed by atoms with van der Waals surface area (Å²) in [7, 11) is 0. The number of benzene rings is 1. The number of amides is 3. The van der Waals surface area contributed by atoms with Crippen molar-refractivity contribution in [1.29, 1.82) is 0 Å². The maximum atomic E-state index is 13.2. The van der Waals surface area contributed by atoms with Crippen molar-refractivity contribution in [3.05, 3.63) is 36.0 Å². The molecule has 3 amide bonds. The highest BCUT2D eigenvalue weighted by atomic mass is 32.2. The number of carboxylic acid groups (broad SMARTS) is 1. The number of para-hydroxylation sites is 1. The summed E-state index contributed by atoms with van der Waals surface area (Å²) in [6, 6.07) is 3.25. The van der Waals surface area contributed by atoms with E-state index in [2.05, 4.69) is 20.9 Å². The lowest BCUT2D eigenvalue weighted by atomic mass is 10.0. The zero-order valence-corrected chi connectivity index (χ0v) is 23.4. The predicted octanol–water partition coefficient (Wildman–Crippen LogP) is 0.464. The Morgan fingerprint density at radius 3 is 2.05 bits per heavy atom. The van der Waals surface area contributed by atoms with E-state index in [1.165, 1.54) is 30.4 Å². The van der Waals surface area contributed by atoms with Crippen LogP contribution in [0.2, 0.25) is 0 Å². The van der Waals surface area contributed by atoms with Crippen LogP contribution in [0, 0.1) is 0 Å². The van der Waals surface area contributed by atoms with E-state index >= 15 is 0 Å². The van der Waals surface area contributed by atoms with Crippen molar-refractivity contribution < 1.29 is 29.4 Å². The highest BCUT2D eigenvalue weighted by Gasteiger charge is 2.31. The van der Waals surface area contributed by atoms with Gasteiger partial charge in [0.25, 0.3) is 0 Å². The molecule has 1 heterocycles. The fourth-order valence-corrected chi connectivity index (χ4v) is 4.78. The van der Waals surface area contributed by atoms with Crippen LogP contribution < -0.4 is 21.7 Å². The summed E-state index contributed by atoms with van der Waals surface area (Å²) in [5.41, 5.74) is 8.01. The Hall–Kier alpha value is -2.74. The van der Waals surface area contributed by atoms with Crippen LogP contribution in [-0.2, 0) is 25.6 Å². The quantitative estimate of drug-likeness (QED) is 0.151. The second-order valence-corrected chi connectivity index (χ2v) is 10.9. The van der Waals surface area contributed by atoms with Gasteiger partial charge < -0.3 is 36.9 Å². The van der Waals surface area contributed by atoms with Crippen molar-refractivity contribution in [2.75, 3.05) is 24.0 Å². The molecule has 2 rings (SSSR count). The molecule has 11 nitrogen and oxygen atoms in total. The van der Waals surface area contributed by atoms with Gasteiger partial charge in [-0.15, -0.1) is 0 Å². The summed E-state index contributed by atoms with van der Waals surface area (Å²) in [6.45, 7) is 1.25. The first-order valence-corrected chi connectivity index (χ1v) is 15.0. The molecule has 0 aliphatic heterocycles. The summed E-state index contributed by atoms with van der Waals surface area (Å²) in [4.78, 5) is 53.5. The normalized spacial score (nSPS) is 15.2. The first-order valence-electron chi connectivity index (χ1n) is 12.2. The van der Waals surface area contributed by atoms with Crippen molar-refractivity contribution in [3.8, 4) is 0 Å². The van der Waals surface area contributed by atoms with Gasteiger partial charge in [0.1, 0.15) is 12.1 Å². The second-order valence-electron chi connectivity index (χ2n) is 8.92. The van der Waals surface area contributed by atoms with Crippen molar-refractivity contribution >= 4 is 58.1 Å². The van der Waals surface area contributed by atoms with E-state index in [9.17, 15) is 29.4 Å². The van der Waals surface area contributed by atoms with Crippen LogP contribution in [0.15, 0.2) is 30.5 Å². The number of aromatic amines is 1. The number of aliphatic hydroxyl groups excluding tert-OH is 1. The molecule has 0 aliphatic carbocycles. The summed E-state index contributed by atoms with van der Waals surface area (Å²) in [5.74, 6) is -2.11. The van der Waals surface area contributed by atoms with Crippen LogP contribution in [0.5, 0.6) is 0 Å². The molecule has 2 aromatic rings. The van der Waals surface area contributed by atoms with E-state index in [0.29, 0.717) is 17.9 Å². The van der Waals surface area contributed by atoms with E-state index in [-0.39, 0.29) is 12.8 Å². The molecule has 0 saturated carbocycles. The third-order valence-electron chi connectivity index (χ3n) is 5.98. The summed E-state index contributed by atoms with van der Waals surface area (Å²) < 4.78 is 0. The molecule has 210 valence electrons. The minimum absolute atomic E-state index is 0.230. The van der Waals surface area contributed by atoms with Crippen molar-refractivity contribution in [2.45, 2.75) is 56.5 Å². The van der Waals surface area contributed by atoms with E-state index in [1.807, 2.05) is 43.0 Å². The molecule has 1 aromatic heterocycles. The Morgan fingerprint density at radius 1 is 0.947 bits per heavy atom. The SMILES string of the molecule is CSCCC(NC(=O)C(N)Cc1c[nH]c2ccccc12)C(=O)NC(CCSC)C(=O)NC(C(=O)O)C(C)O. The van der Waals surface area contributed by atoms with Crippen LogP contribution in [0.4, 0.5) is 0 Å². The van der Waals surface area contributed by atoms with Gasteiger partial charge >= 0.3 is 5.97 Å². The Kier molecular flexibility index (Phi) is 12.9. The molecule has 13 heteroatoms. The predicted molar refractivity (Wildman–Crippen MR) is 151 cm³/mol. The standard InChI is InChI=1S/C25H37N5O6S2/c1-14(31)21(25(35)36)30-24(34)20(9-11-38-3)29-23(33)19(8-10-37-2)28-22(32)17(26)12-15-13-27-18-7-5-4-6-16(15)18/h4-7,13-14,17,19-21,27,31H,8-12,26H2,1-3H3,(H,28,32)(H,29,33)(H,30,34)(H,35,36). The largest absolute Gasteiger partial charge is 0.480 e. The van der Waals surface area contributed by atoms with Crippen molar-refractivity contribution in [2.24, 2.45) is 5.73 Å². The number of aliphatic hydroxyl groups is 1. The molecule has 0 fully saturated rings. The number of nitrogens with two attached hydrogens (primary N) is 1. The molecule has 0 bridgehead atoms. The summed E-state index contributed by atoms with van der Waals surface area (Å²) in [5, 5.41) is 27.6. The third kappa shape index (κ3) is 9.22. The number of fused-ring (bicyclic) bond motifs is 1. The van der Waals surface area contributed by atoms with E-state index < -0.39 is 54.0 Å². The molecule has 5 unspecified atom stereocenters. The molecular formula is C25H37N5O6S2. The molecule has 38 heavy (non-hydrogen) atoms. The Balaban J connectivity index is 2.11. The average Bonchev–Trinajstić information content (AvgIpc) is 3.29. The maximum absolute atomic E-state index is 13.2. The topological polar surface area (TPSA) is 187 Å². The van der Waals surface area contributed by atoms with Gasteiger partial charge in [0, 0.05) is 17.1 Å². The molecule has 8 N–H and O–H groups in total. The zero-order valence-electron chi connectivity index (χ0n) is 21.7. The number of aliphatic carboxylic acids is 1. The van der Waals surface area contributed by atoms with Gasteiger partial charge in [0.2, 0.25) is 17.7 Å². The van der Waals surface area contributed by atoms with E-state index in [0.717, 1.165) is 16.5 Å². The van der Waals surface area contributed by atoms with Crippen LogP contribution >= 0.6 is 23.5 Å². The molecule has 5 atom stereocenters. The Morgan fingerprint density at radius 2 is 1.50 bits per heavy atom. The van der Waals surface area contributed by atoms with Crippen LogP contribution in [0.25, 0.3) is 10.9 Å². The number of carbonyl (C=O) groups is 4. The van der Waals surface area contributed by atoms with E-state index in [4.69, 9.17) is 5.73 Å². The first-order chi connectivity index (χ1) is 18.1. The van der Waals surface area contributed by atoms with Crippen LogP contribution in [0.3, 0.4) is 0 Å². The minimum Gasteiger partial charge on any atom is -0.480 e. The number of aromatic nitrogens is 1. The van der Waals surface area contributed by atoms with Gasteiger partial charge in [-0.05, 0) is 61.8 Å². The Labute approximate surface area is 230 Å².